The highest BCUT2D eigenvalue weighted by Crippen LogP contribution is 2.46. The Morgan fingerprint density at radius 2 is 1.24 bits per heavy atom. The van der Waals surface area contributed by atoms with Crippen LogP contribution in [-0.4, -0.2) is 66.7 Å². The Hall–Kier alpha value is -4.86. The molecule has 0 aromatic heterocycles. The Bertz CT molecular complexity index is 2010. The van der Waals surface area contributed by atoms with Crippen molar-refractivity contribution >= 4 is 29.8 Å². The lowest BCUT2D eigenvalue weighted by molar-refractivity contribution is -0.289. The van der Waals surface area contributed by atoms with Crippen LogP contribution in [0.25, 0.3) is 0 Å². The molecular formula is C43H47ClF6O9. The second-order valence-electron chi connectivity index (χ2n) is 14.4. The van der Waals surface area contributed by atoms with Crippen LogP contribution in [0.1, 0.15) is 86.0 Å². The molecule has 0 aliphatic heterocycles. The zero-order chi connectivity index (χ0) is 44.6. The third kappa shape index (κ3) is 10.3. The lowest BCUT2D eigenvalue weighted by atomic mass is 9.90. The van der Waals surface area contributed by atoms with Crippen LogP contribution in [0.3, 0.4) is 0 Å². The van der Waals surface area contributed by atoms with Gasteiger partial charge in [-0.05, 0) is 72.3 Å². The number of esters is 2. The molecule has 0 heterocycles. The predicted molar refractivity (Wildman–Crippen MR) is 207 cm³/mol. The summed E-state index contributed by atoms with van der Waals surface area (Å²) < 4.78 is 110. The fourth-order valence-corrected chi connectivity index (χ4v) is 6.73. The number of aromatic hydroxyl groups is 2. The molecule has 0 saturated carbocycles. The molecule has 0 bridgehead atoms. The van der Waals surface area contributed by atoms with Gasteiger partial charge in [-0.15, -0.1) is 0 Å². The second-order valence-corrected chi connectivity index (χ2v) is 14.8. The smallest absolute Gasteiger partial charge is 0.432 e. The number of phenolic OH excluding ortho intramolecular Hbond substituents is 2. The van der Waals surface area contributed by atoms with Crippen molar-refractivity contribution in [1.29, 1.82) is 0 Å². The molecule has 0 aliphatic carbocycles. The van der Waals surface area contributed by atoms with Crippen LogP contribution >= 0.6 is 11.6 Å². The third-order valence-electron chi connectivity index (χ3n) is 10.1. The Morgan fingerprint density at radius 3 is 1.69 bits per heavy atom. The Morgan fingerprint density at radius 1 is 0.763 bits per heavy atom. The average Bonchev–Trinajstić information content (AvgIpc) is 3.16. The molecule has 3 atom stereocenters. The zero-order valence-electron chi connectivity index (χ0n) is 33.5. The number of halogens is 7. The molecule has 322 valence electrons. The van der Waals surface area contributed by atoms with Crippen molar-refractivity contribution in [2.45, 2.75) is 102 Å². The maximum absolute atomic E-state index is 14.9. The number of carbonyl (C=O) groups is 3. The van der Waals surface area contributed by atoms with Crippen LogP contribution < -0.4 is 0 Å². The minimum atomic E-state index is -5.39. The SMILES string of the molecule is CO[C@](C(=O)O[C@@H](CC/C(C)=C/CC/C(C)=C/Cc1c(O)c(Cl)c(C)c(C=O)c1O)C(C)(C)OC(=O)[C@@](OC)(c1ccccc1)C(F)(F)F)(c1ccccc1)C(F)(F)F. The Kier molecular flexibility index (Phi) is 16.0. The van der Waals surface area contributed by atoms with Gasteiger partial charge in [-0.3, -0.25) is 4.79 Å². The number of benzene rings is 3. The number of methoxy groups -OCH3 is 2. The molecule has 3 aromatic carbocycles. The number of phenols is 2. The summed E-state index contributed by atoms with van der Waals surface area (Å²) >= 11 is 6.15. The second kappa shape index (κ2) is 19.5. The van der Waals surface area contributed by atoms with Crippen LogP contribution in [0.4, 0.5) is 26.3 Å². The molecule has 0 radical (unpaired) electrons. The number of hydrogen-bond acceptors (Lipinski definition) is 9. The minimum absolute atomic E-state index is 0.0183. The first-order valence-corrected chi connectivity index (χ1v) is 18.6. The fraction of sp³-hybridized carbons (Fsp3) is 0.419. The van der Waals surface area contributed by atoms with Gasteiger partial charge in [0.05, 0.1) is 10.6 Å². The maximum Gasteiger partial charge on any atom is 0.432 e. The van der Waals surface area contributed by atoms with E-state index in [0.29, 0.717) is 38.9 Å². The van der Waals surface area contributed by atoms with Gasteiger partial charge < -0.3 is 29.2 Å². The van der Waals surface area contributed by atoms with Crippen LogP contribution in [0.5, 0.6) is 11.5 Å². The quantitative estimate of drug-likeness (QED) is 0.0556. The van der Waals surface area contributed by atoms with Gasteiger partial charge in [0.15, 0.2) is 6.29 Å². The summed E-state index contributed by atoms with van der Waals surface area (Å²) in [6.45, 7) is 7.16. The summed E-state index contributed by atoms with van der Waals surface area (Å²) in [6, 6.07) is 11.8. The molecule has 0 amide bonds. The normalized spacial score (nSPS) is 15.5. The number of hydrogen-bond donors (Lipinski definition) is 2. The van der Waals surface area contributed by atoms with E-state index in [0.717, 1.165) is 43.7 Å². The molecule has 3 aromatic rings. The number of ether oxygens (including phenoxy) is 4. The topological polar surface area (TPSA) is 129 Å². The van der Waals surface area contributed by atoms with E-state index in [9.17, 15) is 50.9 Å². The van der Waals surface area contributed by atoms with Gasteiger partial charge in [0, 0.05) is 30.9 Å². The van der Waals surface area contributed by atoms with Gasteiger partial charge in [0.2, 0.25) is 0 Å². The van der Waals surface area contributed by atoms with E-state index < -0.39 is 64.1 Å². The molecule has 16 heteroatoms. The number of rotatable bonds is 18. The highest BCUT2D eigenvalue weighted by atomic mass is 35.5. The predicted octanol–water partition coefficient (Wildman–Crippen LogP) is 10.3. The van der Waals surface area contributed by atoms with Gasteiger partial charge in [-0.2, -0.15) is 26.3 Å². The molecule has 59 heavy (non-hydrogen) atoms. The van der Waals surface area contributed by atoms with E-state index in [1.807, 2.05) is 0 Å². The van der Waals surface area contributed by atoms with E-state index in [1.165, 1.54) is 43.3 Å². The van der Waals surface area contributed by atoms with Crippen LogP contribution in [-0.2, 0) is 46.2 Å². The standard InChI is InChI=1S/C43H47ClF6O9/c1-26(21-23-31-35(52)32(25-51)28(3)34(44)36(31)53)15-14-16-27(2)22-24-33(58-37(54)40(56-6,42(45,46)47)29-17-10-8-11-18-29)39(4,5)59-38(55)41(57-7,43(48,49)50)30-19-12-9-13-20-30/h8-13,16-21,25,33,52-53H,14-15,22-24H2,1-7H3/b26-21+,27-16+/t33-,40-,41-/m0/s1. The summed E-state index contributed by atoms with van der Waals surface area (Å²) in [5, 5.41) is 20.9. The van der Waals surface area contributed by atoms with Crippen LogP contribution in [0, 0.1) is 6.92 Å². The van der Waals surface area contributed by atoms with Crippen molar-refractivity contribution in [2.75, 3.05) is 14.2 Å². The van der Waals surface area contributed by atoms with Gasteiger partial charge in [0.25, 0.3) is 11.2 Å². The molecule has 2 N–H and O–H groups in total. The van der Waals surface area contributed by atoms with Crippen molar-refractivity contribution in [3.63, 3.8) is 0 Å². The summed E-state index contributed by atoms with van der Waals surface area (Å²) in [7, 11) is 1.31. The number of alkyl halides is 6. The first-order chi connectivity index (χ1) is 27.5. The lowest BCUT2D eigenvalue weighted by Crippen LogP contribution is -2.57. The van der Waals surface area contributed by atoms with Crippen molar-refractivity contribution in [3.8, 4) is 11.5 Å². The first-order valence-electron chi connectivity index (χ1n) is 18.2. The summed E-state index contributed by atoms with van der Waals surface area (Å²) in [4.78, 5) is 39.0. The lowest BCUT2D eigenvalue weighted by Gasteiger charge is -2.40. The molecule has 9 nitrogen and oxygen atoms in total. The van der Waals surface area contributed by atoms with Gasteiger partial charge >= 0.3 is 24.3 Å². The molecule has 0 unspecified atom stereocenters. The molecule has 0 spiro atoms. The minimum Gasteiger partial charge on any atom is -0.507 e. The molecule has 0 fully saturated rings. The van der Waals surface area contributed by atoms with E-state index in [4.69, 9.17) is 30.5 Å². The van der Waals surface area contributed by atoms with Gasteiger partial charge in [0.1, 0.15) is 23.2 Å². The average molecular weight is 857 g/mol. The third-order valence-corrected chi connectivity index (χ3v) is 10.6. The Balaban J connectivity index is 1.95. The number of carbonyl (C=O) groups excluding carboxylic acids is 3. The van der Waals surface area contributed by atoms with Crippen LogP contribution in [0.2, 0.25) is 5.02 Å². The van der Waals surface area contributed by atoms with Crippen molar-refractivity contribution in [1.82, 2.24) is 0 Å². The maximum atomic E-state index is 14.9. The number of allylic oxidation sites excluding steroid dienone is 4. The van der Waals surface area contributed by atoms with E-state index in [-0.39, 0.29) is 46.7 Å². The van der Waals surface area contributed by atoms with Crippen molar-refractivity contribution in [2.24, 2.45) is 0 Å². The monoisotopic (exact) mass is 856 g/mol. The highest BCUT2D eigenvalue weighted by Gasteiger charge is 2.66. The van der Waals surface area contributed by atoms with E-state index >= 15 is 0 Å². The van der Waals surface area contributed by atoms with Crippen molar-refractivity contribution < 1.29 is 69.9 Å². The van der Waals surface area contributed by atoms with Crippen molar-refractivity contribution in [3.05, 3.63) is 117 Å². The zero-order valence-corrected chi connectivity index (χ0v) is 34.3. The largest absolute Gasteiger partial charge is 0.507 e. The highest BCUT2D eigenvalue weighted by molar-refractivity contribution is 6.33. The van der Waals surface area contributed by atoms with E-state index in [2.05, 4.69) is 0 Å². The molecule has 0 saturated heterocycles. The molecule has 0 aliphatic rings. The summed E-state index contributed by atoms with van der Waals surface area (Å²) in [6.07, 6.45) is -8.00. The summed E-state index contributed by atoms with van der Waals surface area (Å²) in [5.41, 5.74) is -9.09. The van der Waals surface area contributed by atoms with Gasteiger partial charge in [-0.1, -0.05) is 95.6 Å². The molecular weight excluding hydrogens is 810 g/mol. The van der Waals surface area contributed by atoms with Crippen LogP contribution in [0.15, 0.2) is 84.0 Å². The Labute approximate surface area is 343 Å². The van der Waals surface area contributed by atoms with Gasteiger partial charge in [-0.25, -0.2) is 9.59 Å². The fourth-order valence-electron chi connectivity index (χ4n) is 6.51. The molecule has 3 rings (SSSR count). The summed E-state index contributed by atoms with van der Waals surface area (Å²) in [5.74, 6) is -4.65. The first kappa shape index (κ1) is 48.5. The van der Waals surface area contributed by atoms with E-state index in [1.54, 1.807) is 26.0 Å². The number of aldehydes is 1.